The molecule has 2 N–H and O–H groups in total. The monoisotopic (exact) mass is 366 g/mol. The van der Waals surface area contributed by atoms with Crippen molar-refractivity contribution in [3.8, 4) is 0 Å². The molecule has 26 heavy (non-hydrogen) atoms. The van der Waals surface area contributed by atoms with Crippen molar-refractivity contribution in [3.63, 3.8) is 0 Å². The predicted molar refractivity (Wildman–Crippen MR) is 91.4 cm³/mol. The Labute approximate surface area is 147 Å². The molecule has 1 aromatic heterocycles. The maximum Gasteiger partial charge on any atom is 0.416 e. The van der Waals surface area contributed by atoms with Crippen molar-refractivity contribution in [2.45, 2.75) is 18.3 Å². The number of fused-ring (bicyclic) bond motifs is 1. The largest absolute Gasteiger partial charge is 0.416 e. The average Bonchev–Trinajstić information content (AvgIpc) is 2.98. The highest BCUT2D eigenvalue weighted by molar-refractivity contribution is 5.81. The van der Waals surface area contributed by atoms with Crippen molar-refractivity contribution >= 4 is 10.9 Å². The number of nitrogens with zero attached hydrogens (tertiary/aromatic N) is 1. The van der Waals surface area contributed by atoms with Gasteiger partial charge in [-0.05, 0) is 49.0 Å². The van der Waals surface area contributed by atoms with Gasteiger partial charge in [0.1, 0.15) is 5.82 Å². The molecule has 0 bridgehead atoms. The zero-order valence-electron chi connectivity index (χ0n) is 14.0. The Hall–Kier alpha value is -2.38. The number of aliphatic hydroxyl groups is 1. The van der Waals surface area contributed by atoms with Crippen LogP contribution in [0, 0.1) is 5.82 Å². The van der Waals surface area contributed by atoms with E-state index in [1.54, 1.807) is 29.9 Å². The summed E-state index contributed by atoms with van der Waals surface area (Å²) in [5, 5.41) is 13.8. The van der Waals surface area contributed by atoms with E-state index in [0.29, 0.717) is 16.5 Å². The van der Waals surface area contributed by atoms with E-state index >= 15 is 0 Å². The average molecular weight is 366 g/mol. The van der Waals surface area contributed by atoms with Gasteiger partial charge in [0.05, 0.1) is 17.7 Å². The Kier molecular flexibility index (Phi) is 5.02. The summed E-state index contributed by atoms with van der Waals surface area (Å²) in [7, 11) is 1.68. The summed E-state index contributed by atoms with van der Waals surface area (Å²) in [4.78, 5) is 0. The lowest BCUT2D eigenvalue weighted by molar-refractivity contribution is -0.137. The molecule has 0 amide bonds. The van der Waals surface area contributed by atoms with Gasteiger partial charge in [-0.2, -0.15) is 13.2 Å². The van der Waals surface area contributed by atoms with Crippen LogP contribution < -0.4 is 5.32 Å². The maximum atomic E-state index is 13.7. The molecule has 0 fully saturated rings. The van der Waals surface area contributed by atoms with Gasteiger partial charge in [0.25, 0.3) is 0 Å². The van der Waals surface area contributed by atoms with E-state index in [-0.39, 0.29) is 6.54 Å². The molecule has 0 saturated carbocycles. The zero-order chi connectivity index (χ0) is 18.9. The molecule has 0 saturated heterocycles. The summed E-state index contributed by atoms with van der Waals surface area (Å²) in [5.41, 5.74) is 0.327. The first-order chi connectivity index (χ1) is 12.3. The van der Waals surface area contributed by atoms with Crippen LogP contribution in [0.2, 0.25) is 0 Å². The van der Waals surface area contributed by atoms with Gasteiger partial charge in [-0.15, -0.1) is 0 Å². The molecule has 138 valence electrons. The van der Waals surface area contributed by atoms with Gasteiger partial charge >= 0.3 is 6.18 Å². The van der Waals surface area contributed by atoms with E-state index < -0.39 is 29.7 Å². The van der Waals surface area contributed by atoms with E-state index in [2.05, 4.69) is 5.32 Å². The molecule has 0 radical (unpaired) electrons. The lowest BCUT2D eigenvalue weighted by atomic mass is 10.0. The van der Waals surface area contributed by atoms with Crippen LogP contribution in [-0.4, -0.2) is 29.4 Å². The molecule has 0 aliphatic heterocycles. The van der Waals surface area contributed by atoms with Crippen LogP contribution in [0.4, 0.5) is 17.6 Å². The normalized spacial score (nSPS) is 14.5. The number of hydrogen-bond donors (Lipinski definition) is 2. The maximum absolute atomic E-state index is 13.7. The summed E-state index contributed by atoms with van der Waals surface area (Å²) < 4.78 is 54.1. The van der Waals surface area contributed by atoms with Gasteiger partial charge < -0.3 is 15.0 Å². The smallest absolute Gasteiger partial charge is 0.389 e. The third-order valence-electron chi connectivity index (χ3n) is 4.32. The second-order valence-corrected chi connectivity index (χ2v) is 6.12. The highest BCUT2D eigenvalue weighted by Gasteiger charge is 2.31. The van der Waals surface area contributed by atoms with Crippen LogP contribution >= 0.6 is 0 Å². The molecular formula is C19H18F4N2O. The van der Waals surface area contributed by atoms with Crippen LogP contribution in [0.15, 0.2) is 54.7 Å². The first-order valence-corrected chi connectivity index (χ1v) is 8.07. The van der Waals surface area contributed by atoms with E-state index in [0.717, 1.165) is 12.1 Å². The van der Waals surface area contributed by atoms with Crippen molar-refractivity contribution in [2.75, 3.05) is 13.6 Å². The topological polar surface area (TPSA) is 37.2 Å². The Bertz CT molecular complexity index is 904. The summed E-state index contributed by atoms with van der Waals surface area (Å²) >= 11 is 0. The van der Waals surface area contributed by atoms with E-state index in [1.165, 1.54) is 24.3 Å². The molecule has 3 aromatic rings. The first kappa shape index (κ1) is 18.4. The first-order valence-electron chi connectivity index (χ1n) is 8.07. The number of alkyl halides is 3. The van der Waals surface area contributed by atoms with Gasteiger partial charge in [-0.1, -0.05) is 12.1 Å². The Morgan fingerprint density at radius 3 is 2.54 bits per heavy atom. The molecule has 0 spiro atoms. The number of hydrogen-bond acceptors (Lipinski definition) is 2. The Morgan fingerprint density at radius 1 is 1.12 bits per heavy atom. The molecule has 1 heterocycles. The number of aromatic nitrogens is 1. The number of nitrogens with one attached hydrogen (secondary N) is 1. The number of likely N-dealkylation sites (N-methyl/N-ethyl adjacent to an activating group) is 1. The van der Waals surface area contributed by atoms with Crippen molar-refractivity contribution in [1.82, 2.24) is 9.88 Å². The molecule has 3 nitrogen and oxygen atoms in total. The van der Waals surface area contributed by atoms with Crippen molar-refractivity contribution in [3.05, 3.63) is 71.7 Å². The summed E-state index contributed by atoms with van der Waals surface area (Å²) in [6.45, 7) is 0.238. The molecule has 0 aliphatic rings. The van der Waals surface area contributed by atoms with Crippen LogP contribution in [0.1, 0.15) is 17.2 Å². The SMILES string of the molecule is CNCC(O)C(c1cccc(F)c1)n1ccc2cc(C(F)(F)F)ccc21. The molecule has 3 rings (SSSR count). The summed E-state index contributed by atoms with van der Waals surface area (Å²) in [6.07, 6.45) is -3.72. The molecule has 2 unspecified atom stereocenters. The lowest BCUT2D eigenvalue weighted by Crippen LogP contribution is -2.33. The number of halogens is 4. The fourth-order valence-corrected chi connectivity index (χ4v) is 3.16. The molecular weight excluding hydrogens is 348 g/mol. The second-order valence-electron chi connectivity index (χ2n) is 6.12. The minimum Gasteiger partial charge on any atom is -0.389 e. The van der Waals surface area contributed by atoms with Gasteiger partial charge in [0, 0.05) is 23.6 Å². The summed E-state index contributed by atoms with van der Waals surface area (Å²) in [5.74, 6) is -0.444. The van der Waals surface area contributed by atoms with Gasteiger partial charge in [0.2, 0.25) is 0 Å². The highest BCUT2D eigenvalue weighted by Crippen LogP contribution is 2.34. The minimum absolute atomic E-state index is 0.238. The van der Waals surface area contributed by atoms with Crippen molar-refractivity contribution in [2.24, 2.45) is 0 Å². The quantitative estimate of drug-likeness (QED) is 0.671. The zero-order valence-corrected chi connectivity index (χ0v) is 14.0. The molecule has 7 heteroatoms. The van der Waals surface area contributed by atoms with Crippen LogP contribution in [0.25, 0.3) is 10.9 Å². The van der Waals surface area contributed by atoms with Gasteiger partial charge in [0.15, 0.2) is 0 Å². The fourth-order valence-electron chi connectivity index (χ4n) is 3.16. The van der Waals surface area contributed by atoms with Crippen LogP contribution in [0.3, 0.4) is 0 Å². The third-order valence-corrected chi connectivity index (χ3v) is 4.32. The minimum atomic E-state index is -4.43. The standard InChI is InChI=1S/C19H18F4N2O/c1-24-11-17(26)18(13-3-2-4-15(20)10-13)25-8-7-12-9-14(19(21,22)23)5-6-16(12)25/h2-10,17-18,24,26H,11H2,1H3. The van der Waals surface area contributed by atoms with E-state index in [4.69, 9.17) is 0 Å². The van der Waals surface area contributed by atoms with Crippen molar-refractivity contribution < 1.29 is 22.7 Å². The molecule has 2 atom stereocenters. The third kappa shape index (κ3) is 3.59. The van der Waals surface area contributed by atoms with Gasteiger partial charge in [-0.25, -0.2) is 4.39 Å². The summed E-state index contributed by atoms with van der Waals surface area (Å²) in [6, 6.07) is 10.2. The number of aliphatic hydroxyl groups excluding tert-OH is 1. The van der Waals surface area contributed by atoms with E-state index in [1.807, 2.05) is 0 Å². The molecule has 2 aromatic carbocycles. The van der Waals surface area contributed by atoms with Crippen LogP contribution in [0.5, 0.6) is 0 Å². The van der Waals surface area contributed by atoms with Crippen molar-refractivity contribution in [1.29, 1.82) is 0 Å². The second kappa shape index (κ2) is 7.09. The van der Waals surface area contributed by atoms with Gasteiger partial charge in [-0.3, -0.25) is 0 Å². The number of benzene rings is 2. The Balaban J connectivity index is 2.12. The lowest BCUT2D eigenvalue weighted by Gasteiger charge is -2.26. The molecule has 0 aliphatic carbocycles. The Morgan fingerprint density at radius 2 is 1.88 bits per heavy atom. The van der Waals surface area contributed by atoms with Crippen LogP contribution in [-0.2, 0) is 6.18 Å². The predicted octanol–water partition coefficient (Wildman–Crippen LogP) is 3.97. The van der Waals surface area contributed by atoms with E-state index in [9.17, 15) is 22.7 Å². The highest BCUT2D eigenvalue weighted by atomic mass is 19.4. The fraction of sp³-hybridized carbons (Fsp3) is 0.263. The number of rotatable bonds is 5.